The number of hydrogen-bond acceptors (Lipinski definition) is 5. The van der Waals surface area contributed by atoms with Crippen LogP contribution in [0.3, 0.4) is 0 Å². The van der Waals surface area contributed by atoms with Gasteiger partial charge in [-0.3, -0.25) is 4.79 Å². The minimum absolute atomic E-state index is 0.104. The first kappa shape index (κ1) is 17.5. The fourth-order valence-corrected chi connectivity index (χ4v) is 2.67. The minimum atomic E-state index is -0.676. The standard InChI is InChI=1S/C20H19NO5/c1-12-8-9-17(24-3)15(10-12)21-18(22)11-25-20(23)19-13(2)14-6-4-5-7-16(14)26-19/h4-10H,11H2,1-3H3,(H,21,22). The Morgan fingerprint density at radius 3 is 2.62 bits per heavy atom. The Hall–Kier alpha value is -3.28. The number of rotatable bonds is 5. The van der Waals surface area contributed by atoms with Crippen LogP contribution in [0.25, 0.3) is 11.0 Å². The lowest BCUT2D eigenvalue weighted by Crippen LogP contribution is -2.21. The molecule has 0 saturated heterocycles. The number of anilines is 1. The van der Waals surface area contributed by atoms with Crippen LogP contribution in [0.5, 0.6) is 5.75 Å². The van der Waals surface area contributed by atoms with Gasteiger partial charge >= 0.3 is 5.97 Å². The van der Waals surface area contributed by atoms with Crippen molar-refractivity contribution in [2.24, 2.45) is 0 Å². The maximum Gasteiger partial charge on any atom is 0.375 e. The Labute approximate surface area is 150 Å². The summed E-state index contributed by atoms with van der Waals surface area (Å²) < 4.78 is 15.8. The van der Waals surface area contributed by atoms with Gasteiger partial charge in [-0.15, -0.1) is 0 Å². The van der Waals surface area contributed by atoms with Crippen LogP contribution in [-0.4, -0.2) is 25.6 Å². The topological polar surface area (TPSA) is 77.8 Å². The Morgan fingerprint density at radius 1 is 1.12 bits per heavy atom. The number of esters is 1. The number of carbonyl (C=O) groups excluding carboxylic acids is 2. The molecule has 26 heavy (non-hydrogen) atoms. The van der Waals surface area contributed by atoms with Gasteiger partial charge in [-0.05, 0) is 37.6 Å². The number of aryl methyl sites for hydroxylation is 2. The highest BCUT2D eigenvalue weighted by molar-refractivity contribution is 5.98. The third-order valence-electron chi connectivity index (χ3n) is 3.99. The van der Waals surface area contributed by atoms with E-state index in [1.807, 2.05) is 31.2 Å². The van der Waals surface area contributed by atoms with Crippen LogP contribution in [0, 0.1) is 13.8 Å². The lowest BCUT2D eigenvalue weighted by Gasteiger charge is -2.11. The number of fused-ring (bicyclic) bond motifs is 1. The van der Waals surface area contributed by atoms with Gasteiger partial charge in [0.2, 0.25) is 5.76 Å². The molecule has 2 aromatic carbocycles. The largest absolute Gasteiger partial charge is 0.495 e. The number of methoxy groups -OCH3 is 1. The molecule has 1 N–H and O–H groups in total. The predicted molar refractivity (Wildman–Crippen MR) is 97.6 cm³/mol. The van der Waals surface area contributed by atoms with Crippen LogP contribution in [-0.2, 0) is 9.53 Å². The molecule has 0 atom stereocenters. The second-order valence-corrected chi connectivity index (χ2v) is 5.88. The van der Waals surface area contributed by atoms with Crippen molar-refractivity contribution in [1.82, 2.24) is 0 Å². The van der Waals surface area contributed by atoms with Crippen molar-refractivity contribution in [3.05, 3.63) is 59.4 Å². The zero-order valence-electron chi connectivity index (χ0n) is 14.8. The summed E-state index contributed by atoms with van der Waals surface area (Å²) in [7, 11) is 1.52. The molecular weight excluding hydrogens is 334 g/mol. The summed E-state index contributed by atoms with van der Waals surface area (Å²) in [5.74, 6) is -0.503. The SMILES string of the molecule is COc1ccc(C)cc1NC(=O)COC(=O)c1oc2ccccc2c1C. The van der Waals surface area contributed by atoms with Crippen LogP contribution in [0.1, 0.15) is 21.7 Å². The van der Waals surface area contributed by atoms with Gasteiger partial charge in [0.1, 0.15) is 11.3 Å². The van der Waals surface area contributed by atoms with Crippen LogP contribution in [0.4, 0.5) is 5.69 Å². The van der Waals surface area contributed by atoms with Crippen LogP contribution >= 0.6 is 0 Å². The summed E-state index contributed by atoms with van der Waals surface area (Å²) in [5, 5.41) is 3.52. The van der Waals surface area contributed by atoms with Gasteiger partial charge in [-0.2, -0.15) is 0 Å². The van der Waals surface area contributed by atoms with Gasteiger partial charge in [-0.1, -0.05) is 24.3 Å². The summed E-state index contributed by atoms with van der Waals surface area (Å²) in [5.41, 5.74) is 2.78. The van der Waals surface area contributed by atoms with E-state index in [1.54, 1.807) is 25.1 Å². The molecule has 0 aliphatic carbocycles. The number of benzene rings is 2. The maximum atomic E-state index is 12.2. The molecule has 0 saturated carbocycles. The molecular formula is C20H19NO5. The lowest BCUT2D eigenvalue weighted by molar-refractivity contribution is -0.119. The van der Waals surface area contributed by atoms with E-state index in [0.29, 0.717) is 22.6 Å². The van der Waals surface area contributed by atoms with Crippen molar-refractivity contribution in [2.45, 2.75) is 13.8 Å². The number of furan rings is 1. The highest BCUT2D eigenvalue weighted by Crippen LogP contribution is 2.26. The molecule has 6 heteroatoms. The normalized spacial score (nSPS) is 10.6. The molecule has 6 nitrogen and oxygen atoms in total. The molecule has 0 bridgehead atoms. The van der Waals surface area contributed by atoms with Crippen LogP contribution < -0.4 is 10.1 Å². The number of carbonyl (C=O) groups is 2. The summed E-state index contributed by atoms with van der Waals surface area (Å²) in [6, 6.07) is 12.7. The van der Waals surface area contributed by atoms with Crippen molar-refractivity contribution in [3.63, 3.8) is 0 Å². The van der Waals surface area contributed by atoms with E-state index in [0.717, 1.165) is 10.9 Å². The average molecular weight is 353 g/mol. The molecule has 3 rings (SSSR count). The van der Waals surface area contributed by atoms with Gasteiger partial charge in [0.15, 0.2) is 6.61 Å². The van der Waals surface area contributed by atoms with E-state index in [1.165, 1.54) is 7.11 Å². The van der Waals surface area contributed by atoms with Crippen molar-refractivity contribution < 1.29 is 23.5 Å². The Bertz CT molecular complexity index is 973. The number of hydrogen-bond donors (Lipinski definition) is 1. The average Bonchev–Trinajstić information content (AvgIpc) is 2.97. The quantitative estimate of drug-likeness (QED) is 0.705. The minimum Gasteiger partial charge on any atom is -0.495 e. The fourth-order valence-electron chi connectivity index (χ4n) is 2.67. The maximum absolute atomic E-state index is 12.2. The molecule has 1 aromatic heterocycles. The third-order valence-corrected chi connectivity index (χ3v) is 3.99. The number of ether oxygens (including phenoxy) is 2. The summed E-state index contributed by atoms with van der Waals surface area (Å²) >= 11 is 0. The molecule has 0 aliphatic rings. The second-order valence-electron chi connectivity index (χ2n) is 5.88. The first-order valence-corrected chi connectivity index (χ1v) is 8.09. The number of para-hydroxylation sites is 1. The van der Waals surface area contributed by atoms with E-state index in [9.17, 15) is 9.59 Å². The molecule has 1 amide bonds. The van der Waals surface area contributed by atoms with E-state index < -0.39 is 18.5 Å². The zero-order chi connectivity index (χ0) is 18.7. The molecule has 3 aromatic rings. The lowest BCUT2D eigenvalue weighted by atomic mass is 10.1. The van der Waals surface area contributed by atoms with Crippen molar-refractivity contribution in [1.29, 1.82) is 0 Å². The molecule has 1 heterocycles. The third kappa shape index (κ3) is 3.54. The molecule has 0 spiro atoms. The van der Waals surface area contributed by atoms with Crippen LogP contribution in [0.2, 0.25) is 0 Å². The molecule has 134 valence electrons. The van der Waals surface area contributed by atoms with E-state index in [4.69, 9.17) is 13.9 Å². The summed E-state index contributed by atoms with van der Waals surface area (Å²) in [6.07, 6.45) is 0. The van der Waals surface area contributed by atoms with Gasteiger partial charge in [0.25, 0.3) is 5.91 Å². The molecule has 0 radical (unpaired) electrons. The Kier molecular flexibility index (Phi) is 4.93. The Morgan fingerprint density at radius 2 is 1.88 bits per heavy atom. The molecule has 0 fully saturated rings. The highest BCUT2D eigenvalue weighted by Gasteiger charge is 2.20. The highest BCUT2D eigenvalue weighted by atomic mass is 16.5. The smallest absolute Gasteiger partial charge is 0.375 e. The fraction of sp³-hybridized carbons (Fsp3) is 0.200. The van der Waals surface area contributed by atoms with Gasteiger partial charge < -0.3 is 19.2 Å². The van der Waals surface area contributed by atoms with Gasteiger partial charge in [0.05, 0.1) is 12.8 Å². The molecule has 0 unspecified atom stereocenters. The summed E-state index contributed by atoms with van der Waals surface area (Å²) in [4.78, 5) is 24.4. The predicted octanol–water partition coefficient (Wildman–Crippen LogP) is 3.85. The second kappa shape index (κ2) is 7.31. The van der Waals surface area contributed by atoms with Crippen molar-refractivity contribution in [2.75, 3.05) is 19.0 Å². The number of amides is 1. The summed E-state index contributed by atoms with van der Waals surface area (Å²) in [6.45, 7) is 3.26. The monoisotopic (exact) mass is 353 g/mol. The van der Waals surface area contributed by atoms with E-state index in [2.05, 4.69) is 5.32 Å². The van der Waals surface area contributed by atoms with Crippen molar-refractivity contribution >= 4 is 28.5 Å². The first-order valence-electron chi connectivity index (χ1n) is 8.09. The van der Waals surface area contributed by atoms with Gasteiger partial charge in [-0.25, -0.2) is 4.79 Å². The van der Waals surface area contributed by atoms with E-state index in [-0.39, 0.29) is 5.76 Å². The van der Waals surface area contributed by atoms with Crippen LogP contribution in [0.15, 0.2) is 46.9 Å². The molecule has 0 aliphatic heterocycles. The number of nitrogens with one attached hydrogen (secondary N) is 1. The van der Waals surface area contributed by atoms with Crippen molar-refractivity contribution in [3.8, 4) is 5.75 Å². The Balaban J connectivity index is 1.66. The van der Waals surface area contributed by atoms with E-state index >= 15 is 0 Å². The first-order chi connectivity index (χ1) is 12.5. The van der Waals surface area contributed by atoms with Gasteiger partial charge in [0, 0.05) is 10.9 Å². The zero-order valence-corrected chi connectivity index (χ0v) is 14.8.